The molecule has 1 aromatic carbocycles. The number of halogens is 1. The average Bonchev–Trinajstić information content (AvgIpc) is 2.47. The Morgan fingerprint density at radius 1 is 1.25 bits per heavy atom. The molecule has 1 aromatic rings. The predicted molar refractivity (Wildman–Crippen MR) is 75.1 cm³/mol. The summed E-state index contributed by atoms with van der Waals surface area (Å²) in [6.07, 6.45) is 0.466. The standard InChI is InChI=1S/C15H21FN2O2/c1-2-20-15(19)18-11-9-17(10-12-18)8-7-13-5-3-4-6-14(13)16/h3-6H,2,7-12H2,1H3. The Morgan fingerprint density at radius 2 is 1.95 bits per heavy atom. The van der Waals surface area contributed by atoms with Gasteiger partial charge < -0.3 is 9.64 Å². The lowest BCUT2D eigenvalue weighted by atomic mass is 10.1. The second-order valence-electron chi connectivity index (χ2n) is 4.87. The molecule has 0 aliphatic carbocycles. The quantitative estimate of drug-likeness (QED) is 0.847. The SMILES string of the molecule is CCOC(=O)N1CCN(CCc2ccccc2F)CC1. The molecule has 2 rings (SSSR count). The normalized spacial score (nSPS) is 16.2. The van der Waals surface area contributed by atoms with Crippen LogP contribution in [-0.2, 0) is 11.2 Å². The fraction of sp³-hybridized carbons (Fsp3) is 0.533. The molecule has 0 bridgehead atoms. The van der Waals surface area contributed by atoms with Gasteiger partial charge >= 0.3 is 6.09 Å². The number of amides is 1. The van der Waals surface area contributed by atoms with Gasteiger partial charge in [0.15, 0.2) is 0 Å². The Labute approximate surface area is 119 Å². The van der Waals surface area contributed by atoms with E-state index in [4.69, 9.17) is 4.74 Å². The molecule has 1 aliphatic rings. The van der Waals surface area contributed by atoms with E-state index in [-0.39, 0.29) is 11.9 Å². The van der Waals surface area contributed by atoms with Gasteiger partial charge in [0.25, 0.3) is 0 Å². The lowest BCUT2D eigenvalue weighted by Crippen LogP contribution is -2.49. The van der Waals surface area contributed by atoms with E-state index in [9.17, 15) is 9.18 Å². The zero-order valence-corrected chi connectivity index (χ0v) is 11.8. The zero-order valence-electron chi connectivity index (χ0n) is 11.8. The van der Waals surface area contributed by atoms with E-state index in [0.717, 1.165) is 25.2 Å². The van der Waals surface area contributed by atoms with Crippen molar-refractivity contribution in [3.05, 3.63) is 35.6 Å². The largest absolute Gasteiger partial charge is 0.450 e. The van der Waals surface area contributed by atoms with Crippen LogP contribution in [0.25, 0.3) is 0 Å². The van der Waals surface area contributed by atoms with Crippen molar-refractivity contribution in [1.29, 1.82) is 0 Å². The Morgan fingerprint density at radius 3 is 2.60 bits per heavy atom. The van der Waals surface area contributed by atoms with E-state index in [1.165, 1.54) is 6.07 Å². The van der Waals surface area contributed by atoms with E-state index >= 15 is 0 Å². The first-order valence-electron chi connectivity index (χ1n) is 7.08. The van der Waals surface area contributed by atoms with Crippen LogP contribution in [-0.4, -0.2) is 55.2 Å². The number of ether oxygens (including phenoxy) is 1. The molecule has 0 saturated carbocycles. The summed E-state index contributed by atoms with van der Waals surface area (Å²) in [6, 6.07) is 6.88. The highest BCUT2D eigenvalue weighted by Gasteiger charge is 2.21. The van der Waals surface area contributed by atoms with Gasteiger partial charge in [0.1, 0.15) is 5.82 Å². The molecule has 0 aromatic heterocycles. The lowest BCUT2D eigenvalue weighted by Gasteiger charge is -2.34. The molecule has 1 heterocycles. The third-order valence-corrected chi connectivity index (χ3v) is 3.55. The van der Waals surface area contributed by atoms with Gasteiger partial charge in [-0.1, -0.05) is 18.2 Å². The van der Waals surface area contributed by atoms with Gasteiger partial charge in [0, 0.05) is 32.7 Å². The van der Waals surface area contributed by atoms with Crippen molar-refractivity contribution in [1.82, 2.24) is 9.80 Å². The molecule has 1 fully saturated rings. The van der Waals surface area contributed by atoms with Crippen molar-refractivity contribution in [2.75, 3.05) is 39.3 Å². The number of piperazine rings is 1. The van der Waals surface area contributed by atoms with Gasteiger partial charge in [-0.25, -0.2) is 9.18 Å². The fourth-order valence-corrected chi connectivity index (χ4v) is 2.35. The number of hydrogen-bond donors (Lipinski definition) is 0. The second-order valence-corrected chi connectivity index (χ2v) is 4.87. The summed E-state index contributed by atoms with van der Waals surface area (Å²) in [5.41, 5.74) is 0.750. The van der Waals surface area contributed by atoms with Crippen LogP contribution in [0.1, 0.15) is 12.5 Å². The summed E-state index contributed by atoms with van der Waals surface area (Å²) >= 11 is 0. The second kappa shape index (κ2) is 7.24. The molecule has 20 heavy (non-hydrogen) atoms. The minimum absolute atomic E-state index is 0.141. The highest BCUT2D eigenvalue weighted by Crippen LogP contribution is 2.09. The van der Waals surface area contributed by atoms with Gasteiger partial charge in [-0.05, 0) is 25.0 Å². The van der Waals surface area contributed by atoms with Gasteiger partial charge in [0.2, 0.25) is 0 Å². The third-order valence-electron chi connectivity index (χ3n) is 3.55. The van der Waals surface area contributed by atoms with E-state index in [2.05, 4.69) is 4.90 Å². The van der Waals surface area contributed by atoms with Gasteiger partial charge in [-0.2, -0.15) is 0 Å². The third kappa shape index (κ3) is 3.93. The van der Waals surface area contributed by atoms with Crippen molar-refractivity contribution in [3.8, 4) is 0 Å². The highest BCUT2D eigenvalue weighted by molar-refractivity contribution is 5.67. The smallest absolute Gasteiger partial charge is 0.409 e. The number of benzene rings is 1. The summed E-state index contributed by atoms with van der Waals surface area (Å²) in [7, 11) is 0. The van der Waals surface area contributed by atoms with Crippen molar-refractivity contribution >= 4 is 6.09 Å². The van der Waals surface area contributed by atoms with E-state index in [0.29, 0.717) is 26.1 Å². The summed E-state index contributed by atoms with van der Waals surface area (Å²) < 4.78 is 18.5. The van der Waals surface area contributed by atoms with Crippen LogP contribution in [0.3, 0.4) is 0 Å². The Kier molecular flexibility index (Phi) is 5.35. The van der Waals surface area contributed by atoms with Crippen molar-refractivity contribution in [3.63, 3.8) is 0 Å². The van der Waals surface area contributed by atoms with Crippen LogP contribution in [0.4, 0.5) is 9.18 Å². The maximum Gasteiger partial charge on any atom is 0.409 e. The summed E-state index contributed by atoms with van der Waals surface area (Å²) in [4.78, 5) is 15.5. The topological polar surface area (TPSA) is 32.8 Å². The molecular weight excluding hydrogens is 259 g/mol. The molecule has 0 radical (unpaired) electrons. The van der Waals surface area contributed by atoms with Crippen LogP contribution >= 0.6 is 0 Å². The molecule has 0 N–H and O–H groups in total. The average molecular weight is 280 g/mol. The molecule has 1 amide bonds. The minimum atomic E-state index is -0.235. The lowest BCUT2D eigenvalue weighted by molar-refractivity contribution is 0.0799. The first-order chi connectivity index (χ1) is 9.70. The summed E-state index contributed by atoms with van der Waals surface area (Å²) in [5.74, 6) is -0.141. The van der Waals surface area contributed by atoms with Gasteiger partial charge in [-0.15, -0.1) is 0 Å². The van der Waals surface area contributed by atoms with Crippen molar-refractivity contribution in [2.24, 2.45) is 0 Å². The van der Waals surface area contributed by atoms with Gasteiger partial charge in [-0.3, -0.25) is 4.90 Å². The molecule has 0 spiro atoms. The van der Waals surface area contributed by atoms with Crippen LogP contribution in [0.2, 0.25) is 0 Å². The van der Waals surface area contributed by atoms with E-state index in [1.807, 2.05) is 19.1 Å². The van der Waals surface area contributed by atoms with Crippen molar-refractivity contribution < 1.29 is 13.9 Å². The van der Waals surface area contributed by atoms with E-state index in [1.54, 1.807) is 11.0 Å². The molecule has 5 heteroatoms. The van der Waals surface area contributed by atoms with Crippen LogP contribution in [0.15, 0.2) is 24.3 Å². The number of carbonyl (C=O) groups excluding carboxylic acids is 1. The number of carbonyl (C=O) groups is 1. The monoisotopic (exact) mass is 280 g/mol. The summed E-state index contributed by atoms with van der Waals surface area (Å²) in [6.45, 7) is 6.01. The van der Waals surface area contributed by atoms with Crippen LogP contribution in [0.5, 0.6) is 0 Å². The molecular formula is C15H21FN2O2. The maximum atomic E-state index is 13.5. The van der Waals surface area contributed by atoms with Gasteiger partial charge in [0.05, 0.1) is 6.61 Å². The number of hydrogen-bond acceptors (Lipinski definition) is 3. The van der Waals surface area contributed by atoms with Crippen LogP contribution in [0, 0.1) is 5.82 Å². The number of nitrogens with zero attached hydrogens (tertiary/aromatic N) is 2. The Bertz CT molecular complexity index is 445. The fourth-order valence-electron chi connectivity index (χ4n) is 2.35. The molecule has 0 atom stereocenters. The summed E-state index contributed by atoms with van der Waals surface area (Å²) in [5, 5.41) is 0. The zero-order chi connectivity index (χ0) is 14.4. The first-order valence-corrected chi connectivity index (χ1v) is 7.08. The minimum Gasteiger partial charge on any atom is -0.450 e. The molecule has 1 aliphatic heterocycles. The molecule has 0 unspecified atom stereocenters. The molecule has 4 nitrogen and oxygen atoms in total. The molecule has 1 saturated heterocycles. The first kappa shape index (κ1) is 14.8. The maximum absolute atomic E-state index is 13.5. The predicted octanol–water partition coefficient (Wildman–Crippen LogP) is 2.14. The van der Waals surface area contributed by atoms with Crippen LogP contribution < -0.4 is 0 Å². The Hall–Kier alpha value is -1.62. The highest BCUT2D eigenvalue weighted by atomic mass is 19.1. The van der Waals surface area contributed by atoms with E-state index < -0.39 is 0 Å². The molecule has 110 valence electrons. The van der Waals surface area contributed by atoms with Crippen molar-refractivity contribution in [2.45, 2.75) is 13.3 Å². The number of rotatable bonds is 4. The Balaban J connectivity index is 1.75.